The summed E-state index contributed by atoms with van der Waals surface area (Å²) < 4.78 is 0.640. The average Bonchev–Trinajstić information content (AvgIpc) is 2.85. The van der Waals surface area contributed by atoms with Crippen LogP contribution in [0.2, 0.25) is 4.34 Å². The average molecular weight is 287 g/mol. The second-order valence-corrected chi connectivity index (χ2v) is 6.13. The highest BCUT2D eigenvalue weighted by atomic mass is 35.5. The lowest BCUT2D eigenvalue weighted by Gasteiger charge is -2.08. The first kappa shape index (κ1) is 12.4. The Morgan fingerprint density at radius 1 is 1.05 bits per heavy atom. The summed E-state index contributed by atoms with van der Waals surface area (Å²) in [5.74, 6) is 0.0474. The van der Waals surface area contributed by atoms with Crippen molar-refractivity contribution < 1.29 is 4.79 Å². The van der Waals surface area contributed by atoms with Crippen LogP contribution >= 0.6 is 22.9 Å². The third-order valence-corrected chi connectivity index (χ3v) is 4.39. The molecular weight excluding hydrogens is 276 g/mol. The number of benzene rings is 2. The molecule has 0 saturated heterocycles. The summed E-state index contributed by atoms with van der Waals surface area (Å²) in [5, 5.41) is 2.08. The monoisotopic (exact) mass is 286 g/mol. The lowest BCUT2D eigenvalue weighted by molar-refractivity contribution is 0.104. The zero-order valence-corrected chi connectivity index (χ0v) is 11.9. The number of thiophene rings is 1. The second-order valence-electron chi connectivity index (χ2n) is 4.41. The molecule has 0 amide bonds. The molecule has 0 saturated carbocycles. The van der Waals surface area contributed by atoms with E-state index in [1.54, 1.807) is 12.1 Å². The number of hydrogen-bond donors (Lipinski definition) is 0. The molecule has 0 spiro atoms. The molecule has 3 rings (SSSR count). The molecule has 0 unspecified atom stereocenters. The Labute approximate surface area is 120 Å². The lowest BCUT2D eigenvalue weighted by Crippen LogP contribution is -2.02. The first-order valence-corrected chi connectivity index (χ1v) is 7.14. The summed E-state index contributed by atoms with van der Waals surface area (Å²) in [6.45, 7) is 1.97. The molecule has 1 nitrogen and oxygen atoms in total. The third-order valence-electron chi connectivity index (χ3n) is 3.16. The largest absolute Gasteiger partial charge is 0.288 e. The predicted molar refractivity (Wildman–Crippen MR) is 81.4 cm³/mol. The van der Waals surface area contributed by atoms with Crippen molar-refractivity contribution in [3.8, 4) is 0 Å². The Kier molecular flexibility index (Phi) is 3.13. The number of aryl methyl sites for hydroxylation is 1. The standard InChI is InChI=1S/C16H11ClOS/c1-10-6-7-11-4-2-3-5-12(11)15(10)16(18)13-8-9-14(17)19-13/h2-9H,1H3. The molecule has 0 aliphatic rings. The van der Waals surface area contributed by atoms with E-state index in [1.165, 1.54) is 11.3 Å². The predicted octanol–water partition coefficient (Wildman–Crippen LogP) is 5.09. The van der Waals surface area contributed by atoms with E-state index in [0.29, 0.717) is 9.21 Å². The summed E-state index contributed by atoms with van der Waals surface area (Å²) >= 11 is 7.24. The van der Waals surface area contributed by atoms with Crippen molar-refractivity contribution >= 4 is 39.5 Å². The van der Waals surface area contributed by atoms with E-state index in [1.807, 2.05) is 43.3 Å². The SMILES string of the molecule is Cc1ccc2ccccc2c1C(=O)c1ccc(Cl)s1. The molecule has 3 aromatic rings. The van der Waals surface area contributed by atoms with Crippen LogP contribution in [0, 0.1) is 6.92 Å². The van der Waals surface area contributed by atoms with E-state index in [-0.39, 0.29) is 5.78 Å². The van der Waals surface area contributed by atoms with Gasteiger partial charge in [-0.05, 0) is 35.4 Å². The van der Waals surface area contributed by atoms with E-state index < -0.39 is 0 Å². The molecule has 2 aromatic carbocycles. The maximum Gasteiger partial charge on any atom is 0.203 e. The summed E-state index contributed by atoms with van der Waals surface area (Å²) in [5.41, 5.74) is 1.77. The van der Waals surface area contributed by atoms with Gasteiger partial charge in [0.1, 0.15) is 0 Å². The molecule has 0 aliphatic carbocycles. The highest BCUT2D eigenvalue weighted by Gasteiger charge is 2.16. The zero-order valence-electron chi connectivity index (χ0n) is 10.3. The molecule has 94 valence electrons. The number of carbonyl (C=O) groups excluding carboxylic acids is 1. The smallest absolute Gasteiger partial charge is 0.203 e. The molecule has 0 radical (unpaired) electrons. The van der Waals surface area contributed by atoms with Gasteiger partial charge in [0, 0.05) is 5.56 Å². The maximum atomic E-state index is 12.6. The quantitative estimate of drug-likeness (QED) is 0.599. The van der Waals surface area contributed by atoms with Crippen molar-refractivity contribution in [3.63, 3.8) is 0 Å². The summed E-state index contributed by atoms with van der Waals surface area (Å²) in [6.07, 6.45) is 0. The van der Waals surface area contributed by atoms with Gasteiger partial charge >= 0.3 is 0 Å². The number of halogens is 1. The minimum Gasteiger partial charge on any atom is -0.288 e. The molecule has 0 bridgehead atoms. The third kappa shape index (κ3) is 2.18. The molecule has 1 heterocycles. The van der Waals surface area contributed by atoms with Gasteiger partial charge in [-0.15, -0.1) is 11.3 Å². The van der Waals surface area contributed by atoms with E-state index in [0.717, 1.165) is 21.9 Å². The van der Waals surface area contributed by atoms with Crippen LogP contribution in [0.15, 0.2) is 48.5 Å². The van der Waals surface area contributed by atoms with Gasteiger partial charge in [-0.1, -0.05) is 48.0 Å². The van der Waals surface area contributed by atoms with Gasteiger partial charge < -0.3 is 0 Å². The van der Waals surface area contributed by atoms with Gasteiger partial charge in [0.15, 0.2) is 0 Å². The minimum atomic E-state index is 0.0474. The Balaban J connectivity index is 2.24. The van der Waals surface area contributed by atoms with Crippen LogP contribution in [0.3, 0.4) is 0 Å². The van der Waals surface area contributed by atoms with Gasteiger partial charge in [-0.3, -0.25) is 4.79 Å². The first-order chi connectivity index (χ1) is 9.16. The molecule has 1 aromatic heterocycles. The van der Waals surface area contributed by atoms with Crippen molar-refractivity contribution in [1.29, 1.82) is 0 Å². The molecule has 0 aliphatic heterocycles. The molecule has 19 heavy (non-hydrogen) atoms. The van der Waals surface area contributed by atoms with E-state index in [4.69, 9.17) is 11.6 Å². The number of rotatable bonds is 2. The highest BCUT2D eigenvalue weighted by molar-refractivity contribution is 7.18. The first-order valence-electron chi connectivity index (χ1n) is 5.95. The van der Waals surface area contributed by atoms with Crippen LogP contribution in [0.25, 0.3) is 10.8 Å². The van der Waals surface area contributed by atoms with Crippen molar-refractivity contribution in [2.24, 2.45) is 0 Å². The van der Waals surface area contributed by atoms with Gasteiger partial charge in [-0.2, -0.15) is 0 Å². The lowest BCUT2D eigenvalue weighted by atomic mass is 9.96. The number of fused-ring (bicyclic) bond motifs is 1. The summed E-state index contributed by atoms with van der Waals surface area (Å²) in [4.78, 5) is 13.3. The molecule has 0 atom stereocenters. The number of hydrogen-bond acceptors (Lipinski definition) is 2. The number of carbonyl (C=O) groups is 1. The fourth-order valence-electron chi connectivity index (χ4n) is 2.24. The van der Waals surface area contributed by atoms with Crippen molar-refractivity contribution in [3.05, 3.63) is 68.9 Å². The van der Waals surface area contributed by atoms with Gasteiger partial charge in [0.2, 0.25) is 5.78 Å². The van der Waals surface area contributed by atoms with Crippen molar-refractivity contribution in [1.82, 2.24) is 0 Å². The highest BCUT2D eigenvalue weighted by Crippen LogP contribution is 2.29. The molecule has 3 heteroatoms. The van der Waals surface area contributed by atoms with Crippen LogP contribution < -0.4 is 0 Å². The van der Waals surface area contributed by atoms with Crippen LogP contribution in [0.4, 0.5) is 0 Å². The van der Waals surface area contributed by atoms with E-state index >= 15 is 0 Å². The van der Waals surface area contributed by atoms with Gasteiger partial charge in [0.05, 0.1) is 9.21 Å². The van der Waals surface area contributed by atoms with Crippen LogP contribution in [-0.2, 0) is 0 Å². The summed E-state index contributed by atoms with van der Waals surface area (Å²) in [6, 6.07) is 15.5. The van der Waals surface area contributed by atoms with E-state index in [2.05, 4.69) is 0 Å². The van der Waals surface area contributed by atoms with Gasteiger partial charge in [0.25, 0.3) is 0 Å². The second kappa shape index (κ2) is 4.80. The Morgan fingerprint density at radius 2 is 1.84 bits per heavy atom. The number of ketones is 1. The Morgan fingerprint density at radius 3 is 2.58 bits per heavy atom. The minimum absolute atomic E-state index is 0.0474. The molecule has 0 fully saturated rings. The molecular formula is C16H11ClOS. The Bertz CT molecular complexity index is 773. The van der Waals surface area contributed by atoms with Crippen LogP contribution in [-0.4, -0.2) is 5.78 Å². The maximum absolute atomic E-state index is 12.6. The van der Waals surface area contributed by atoms with Crippen molar-refractivity contribution in [2.45, 2.75) is 6.92 Å². The molecule has 0 N–H and O–H groups in total. The van der Waals surface area contributed by atoms with Crippen LogP contribution in [0.1, 0.15) is 20.8 Å². The van der Waals surface area contributed by atoms with Crippen LogP contribution in [0.5, 0.6) is 0 Å². The normalized spacial score (nSPS) is 10.8. The Hall–Kier alpha value is -1.64. The zero-order chi connectivity index (χ0) is 13.4. The fourth-order valence-corrected chi connectivity index (χ4v) is 3.23. The topological polar surface area (TPSA) is 17.1 Å². The van der Waals surface area contributed by atoms with Crippen molar-refractivity contribution in [2.75, 3.05) is 0 Å². The van der Waals surface area contributed by atoms with E-state index in [9.17, 15) is 4.79 Å². The van der Waals surface area contributed by atoms with Gasteiger partial charge in [-0.25, -0.2) is 0 Å². The fraction of sp³-hybridized carbons (Fsp3) is 0.0625. The summed E-state index contributed by atoms with van der Waals surface area (Å²) in [7, 11) is 0.